The molecule has 1 aromatic carbocycles. The number of benzene rings is 1. The van der Waals surface area contributed by atoms with Crippen LogP contribution in [0, 0.1) is 11.7 Å². The molecule has 4 heteroatoms. The van der Waals surface area contributed by atoms with E-state index in [0.717, 1.165) is 25.5 Å². The predicted molar refractivity (Wildman–Crippen MR) is 79.9 cm³/mol. The van der Waals surface area contributed by atoms with E-state index in [1.54, 1.807) is 6.07 Å². The second-order valence-corrected chi connectivity index (χ2v) is 5.49. The van der Waals surface area contributed by atoms with Crippen LogP contribution in [0.25, 0.3) is 0 Å². The summed E-state index contributed by atoms with van der Waals surface area (Å²) in [5, 5.41) is 8.91. The molecule has 1 rings (SSSR count). The Bertz CT molecular complexity index is 456. The minimum atomic E-state index is -1.10. The van der Waals surface area contributed by atoms with Gasteiger partial charge in [0.2, 0.25) is 0 Å². The molecule has 0 aromatic heterocycles. The molecule has 0 saturated heterocycles. The largest absolute Gasteiger partial charge is 0.478 e. The fourth-order valence-corrected chi connectivity index (χ4v) is 2.44. The van der Waals surface area contributed by atoms with Crippen molar-refractivity contribution in [1.82, 2.24) is 0 Å². The zero-order valence-corrected chi connectivity index (χ0v) is 12.7. The summed E-state index contributed by atoms with van der Waals surface area (Å²) in [4.78, 5) is 12.9. The minimum Gasteiger partial charge on any atom is -0.478 e. The first kappa shape index (κ1) is 16.5. The molecule has 0 spiro atoms. The second-order valence-electron chi connectivity index (χ2n) is 5.49. The van der Waals surface area contributed by atoms with E-state index in [9.17, 15) is 9.18 Å². The zero-order valence-electron chi connectivity index (χ0n) is 12.7. The van der Waals surface area contributed by atoms with Gasteiger partial charge in [0, 0.05) is 12.6 Å². The smallest absolute Gasteiger partial charge is 0.335 e. The van der Waals surface area contributed by atoms with Crippen molar-refractivity contribution in [3.05, 3.63) is 29.6 Å². The van der Waals surface area contributed by atoms with Crippen LogP contribution in [0.5, 0.6) is 0 Å². The van der Waals surface area contributed by atoms with Crippen LogP contribution in [-0.2, 0) is 0 Å². The Labute approximate surface area is 120 Å². The van der Waals surface area contributed by atoms with E-state index in [2.05, 4.69) is 32.6 Å². The summed E-state index contributed by atoms with van der Waals surface area (Å²) in [6.07, 6.45) is 1.87. The van der Waals surface area contributed by atoms with Gasteiger partial charge < -0.3 is 10.0 Å². The number of carboxylic acids is 1. The van der Waals surface area contributed by atoms with Gasteiger partial charge in [-0.15, -0.1) is 0 Å². The molecule has 0 bridgehead atoms. The number of hydrogen-bond acceptors (Lipinski definition) is 2. The average molecular weight is 281 g/mol. The van der Waals surface area contributed by atoms with Crippen molar-refractivity contribution >= 4 is 11.7 Å². The van der Waals surface area contributed by atoms with Crippen molar-refractivity contribution in [2.75, 3.05) is 11.4 Å². The van der Waals surface area contributed by atoms with E-state index >= 15 is 0 Å². The highest BCUT2D eigenvalue weighted by molar-refractivity contribution is 5.88. The SMILES string of the molecule is CCC(CC)N(CC(C)C)c1ccc(C(=O)O)cc1F. The van der Waals surface area contributed by atoms with Crippen LogP contribution in [0.2, 0.25) is 0 Å². The Hall–Kier alpha value is -1.58. The molecular formula is C16H24FNO2. The molecule has 0 atom stereocenters. The number of halogens is 1. The Balaban J connectivity index is 3.16. The molecule has 1 aromatic rings. The molecule has 1 N–H and O–H groups in total. The number of hydrogen-bond donors (Lipinski definition) is 1. The minimum absolute atomic E-state index is 0.0136. The highest BCUT2D eigenvalue weighted by atomic mass is 19.1. The fourth-order valence-electron chi connectivity index (χ4n) is 2.44. The number of rotatable bonds is 7. The normalized spacial score (nSPS) is 11.2. The third-order valence-electron chi connectivity index (χ3n) is 3.45. The molecule has 112 valence electrons. The first-order chi connectivity index (χ1) is 9.40. The monoisotopic (exact) mass is 281 g/mol. The third kappa shape index (κ3) is 3.95. The standard InChI is InChI=1S/C16H24FNO2/c1-5-13(6-2)18(10-11(3)4)15-8-7-12(16(19)20)9-14(15)17/h7-9,11,13H,5-6,10H2,1-4H3,(H,19,20). The van der Waals surface area contributed by atoms with E-state index in [1.807, 2.05) is 0 Å². The van der Waals surface area contributed by atoms with E-state index in [-0.39, 0.29) is 11.6 Å². The molecule has 0 fully saturated rings. The summed E-state index contributed by atoms with van der Waals surface area (Å²) >= 11 is 0. The van der Waals surface area contributed by atoms with Crippen LogP contribution < -0.4 is 4.90 Å². The van der Waals surface area contributed by atoms with Gasteiger partial charge in [-0.1, -0.05) is 27.7 Å². The summed E-state index contributed by atoms with van der Waals surface area (Å²) in [6.45, 7) is 9.13. The summed E-state index contributed by atoms with van der Waals surface area (Å²) in [7, 11) is 0. The number of anilines is 1. The summed E-state index contributed by atoms with van der Waals surface area (Å²) in [6, 6.07) is 4.42. The van der Waals surface area contributed by atoms with Gasteiger partial charge in [0.25, 0.3) is 0 Å². The molecule has 0 saturated carbocycles. The Morgan fingerprint density at radius 1 is 1.30 bits per heavy atom. The van der Waals surface area contributed by atoms with Crippen molar-refractivity contribution in [3.63, 3.8) is 0 Å². The predicted octanol–water partition coefficient (Wildman–Crippen LogP) is 4.17. The molecule has 0 aliphatic heterocycles. The summed E-state index contributed by atoms with van der Waals surface area (Å²) in [5.41, 5.74) is 0.484. The lowest BCUT2D eigenvalue weighted by molar-refractivity contribution is 0.0696. The lowest BCUT2D eigenvalue weighted by Crippen LogP contribution is -2.38. The van der Waals surface area contributed by atoms with E-state index in [4.69, 9.17) is 5.11 Å². The number of nitrogens with zero attached hydrogens (tertiary/aromatic N) is 1. The van der Waals surface area contributed by atoms with Crippen molar-refractivity contribution in [2.24, 2.45) is 5.92 Å². The van der Waals surface area contributed by atoms with E-state index in [1.165, 1.54) is 6.07 Å². The summed E-state index contributed by atoms with van der Waals surface area (Å²) < 4.78 is 14.2. The molecule has 20 heavy (non-hydrogen) atoms. The van der Waals surface area contributed by atoms with E-state index < -0.39 is 11.8 Å². The topological polar surface area (TPSA) is 40.5 Å². The highest BCUT2D eigenvalue weighted by Crippen LogP contribution is 2.26. The van der Waals surface area contributed by atoms with Gasteiger partial charge in [0.1, 0.15) is 5.82 Å². The number of carboxylic acid groups (broad SMARTS) is 1. The quantitative estimate of drug-likeness (QED) is 0.815. The maximum Gasteiger partial charge on any atom is 0.335 e. The molecule has 0 unspecified atom stereocenters. The van der Waals surface area contributed by atoms with Gasteiger partial charge in [-0.05, 0) is 37.0 Å². The maximum atomic E-state index is 14.2. The molecule has 0 aliphatic carbocycles. The van der Waals surface area contributed by atoms with Crippen LogP contribution in [0.15, 0.2) is 18.2 Å². The summed E-state index contributed by atoms with van der Waals surface area (Å²) in [5.74, 6) is -1.15. The first-order valence-corrected chi connectivity index (χ1v) is 7.20. The molecular weight excluding hydrogens is 257 g/mol. The van der Waals surface area contributed by atoms with E-state index in [0.29, 0.717) is 11.6 Å². The van der Waals surface area contributed by atoms with Gasteiger partial charge in [-0.2, -0.15) is 0 Å². The lowest BCUT2D eigenvalue weighted by atomic mass is 10.1. The second kappa shape index (κ2) is 7.27. The van der Waals surface area contributed by atoms with Crippen molar-refractivity contribution in [2.45, 2.75) is 46.6 Å². The van der Waals surface area contributed by atoms with Gasteiger partial charge >= 0.3 is 5.97 Å². The molecule has 0 amide bonds. The molecule has 0 radical (unpaired) electrons. The van der Waals surface area contributed by atoms with Crippen LogP contribution >= 0.6 is 0 Å². The molecule has 3 nitrogen and oxygen atoms in total. The number of aromatic carboxylic acids is 1. The highest BCUT2D eigenvalue weighted by Gasteiger charge is 2.20. The number of carbonyl (C=O) groups is 1. The van der Waals surface area contributed by atoms with Gasteiger partial charge in [0.15, 0.2) is 0 Å². The van der Waals surface area contributed by atoms with Crippen LogP contribution in [0.1, 0.15) is 50.9 Å². The van der Waals surface area contributed by atoms with Gasteiger partial charge in [0.05, 0.1) is 11.3 Å². The molecule has 0 aliphatic rings. The van der Waals surface area contributed by atoms with Crippen LogP contribution in [-0.4, -0.2) is 23.7 Å². The van der Waals surface area contributed by atoms with Gasteiger partial charge in [-0.25, -0.2) is 9.18 Å². The average Bonchev–Trinajstić information content (AvgIpc) is 2.38. The Kier molecular flexibility index (Phi) is 5.99. The third-order valence-corrected chi connectivity index (χ3v) is 3.45. The fraction of sp³-hybridized carbons (Fsp3) is 0.562. The van der Waals surface area contributed by atoms with Crippen molar-refractivity contribution in [1.29, 1.82) is 0 Å². The Morgan fingerprint density at radius 3 is 2.30 bits per heavy atom. The molecule has 0 heterocycles. The Morgan fingerprint density at radius 2 is 1.90 bits per heavy atom. The zero-order chi connectivity index (χ0) is 15.3. The first-order valence-electron chi connectivity index (χ1n) is 7.20. The van der Waals surface area contributed by atoms with Crippen molar-refractivity contribution < 1.29 is 14.3 Å². The lowest BCUT2D eigenvalue weighted by Gasteiger charge is -2.34. The maximum absolute atomic E-state index is 14.2. The van der Waals surface area contributed by atoms with Crippen molar-refractivity contribution in [3.8, 4) is 0 Å². The van der Waals surface area contributed by atoms with Gasteiger partial charge in [-0.3, -0.25) is 0 Å². The van der Waals surface area contributed by atoms with Crippen LogP contribution in [0.3, 0.4) is 0 Å². The van der Waals surface area contributed by atoms with Crippen LogP contribution in [0.4, 0.5) is 10.1 Å².